The lowest BCUT2D eigenvalue weighted by molar-refractivity contribution is -0.118. The normalized spacial score (nSPS) is 14.7. The van der Waals surface area contributed by atoms with Crippen molar-refractivity contribution in [2.75, 3.05) is 11.9 Å². The van der Waals surface area contributed by atoms with Gasteiger partial charge in [0.15, 0.2) is 18.1 Å². The van der Waals surface area contributed by atoms with Gasteiger partial charge in [0, 0.05) is 22.7 Å². The van der Waals surface area contributed by atoms with E-state index in [1.165, 1.54) is 0 Å². The van der Waals surface area contributed by atoms with Gasteiger partial charge in [-0.2, -0.15) is 0 Å². The number of nitrogens with one attached hydrogen (secondary N) is 1. The van der Waals surface area contributed by atoms with E-state index in [1.807, 2.05) is 39.0 Å². The molecule has 0 saturated heterocycles. The molecule has 1 aliphatic rings. The van der Waals surface area contributed by atoms with Crippen molar-refractivity contribution in [3.05, 3.63) is 46.1 Å². The second kappa shape index (κ2) is 6.43. The zero-order valence-corrected chi connectivity index (χ0v) is 15.4. The van der Waals surface area contributed by atoms with Gasteiger partial charge in [-0.15, -0.1) is 0 Å². The fourth-order valence-electron chi connectivity index (χ4n) is 2.63. The average Bonchev–Trinajstić information content (AvgIpc) is 2.83. The summed E-state index contributed by atoms with van der Waals surface area (Å²) in [7, 11) is 0. The van der Waals surface area contributed by atoms with Crippen LogP contribution in [0.5, 0.6) is 11.5 Å². The standard InChI is InChI=1S/C18H19BrN2O3/c1-11-7-15(20-9-13(11)19)21-16(22)10-23-14-6-4-5-12-8-18(2,3)24-17(12)14/h4-7,9H,8,10H2,1-3H3,(H,20,21,22). The summed E-state index contributed by atoms with van der Waals surface area (Å²) in [6.45, 7) is 5.90. The highest BCUT2D eigenvalue weighted by Crippen LogP contribution is 2.41. The van der Waals surface area contributed by atoms with Gasteiger partial charge in [0.1, 0.15) is 11.4 Å². The number of aromatic nitrogens is 1. The number of pyridine rings is 1. The SMILES string of the molecule is Cc1cc(NC(=O)COc2cccc3c2OC(C)(C)C3)ncc1Br. The Morgan fingerprint density at radius 1 is 1.46 bits per heavy atom. The Hall–Kier alpha value is -2.08. The molecule has 24 heavy (non-hydrogen) atoms. The molecule has 1 aromatic carbocycles. The highest BCUT2D eigenvalue weighted by atomic mass is 79.9. The number of halogens is 1. The van der Waals surface area contributed by atoms with Crippen molar-refractivity contribution in [2.45, 2.75) is 32.8 Å². The first-order valence-electron chi connectivity index (χ1n) is 7.70. The zero-order chi connectivity index (χ0) is 17.3. The lowest BCUT2D eigenvalue weighted by Gasteiger charge is -2.18. The van der Waals surface area contributed by atoms with Crippen LogP contribution in [0.25, 0.3) is 0 Å². The number of ether oxygens (including phenoxy) is 2. The van der Waals surface area contributed by atoms with E-state index in [0.717, 1.165) is 27.8 Å². The summed E-state index contributed by atoms with van der Waals surface area (Å²) >= 11 is 3.38. The van der Waals surface area contributed by atoms with E-state index in [1.54, 1.807) is 12.3 Å². The number of carbonyl (C=O) groups excluding carboxylic acids is 1. The number of nitrogens with zero attached hydrogens (tertiary/aromatic N) is 1. The summed E-state index contributed by atoms with van der Waals surface area (Å²) in [6, 6.07) is 7.55. The van der Waals surface area contributed by atoms with Crippen LogP contribution in [0, 0.1) is 6.92 Å². The first-order chi connectivity index (χ1) is 11.3. The maximum atomic E-state index is 12.1. The molecule has 0 saturated carbocycles. The lowest BCUT2D eigenvalue weighted by atomic mass is 10.0. The first kappa shape index (κ1) is 16.8. The van der Waals surface area contributed by atoms with Crippen molar-refractivity contribution in [2.24, 2.45) is 0 Å². The number of fused-ring (bicyclic) bond motifs is 1. The fourth-order valence-corrected chi connectivity index (χ4v) is 2.85. The number of benzene rings is 1. The van der Waals surface area contributed by atoms with Crippen molar-refractivity contribution >= 4 is 27.7 Å². The summed E-state index contributed by atoms with van der Waals surface area (Å²) in [5.41, 5.74) is 1.85. The van der Waals surface area contributed by atoms with E-state index >= 15 is 0 Å². The van der Waals surface area contributed by atoms with Crippen molar-refractivity contribution in [1.82, 2.24) is 4.98 Å². The fraction of sp³-hybridized carbons (Fsp3) is 0.333. The molecule has 0 radical (unpaired) electrons. The molecule has 0 atom stereocenters. The van der Waals surface area contributed by atoms with Gasteiger partial charge in [-0.3, -0.25) is 4.79 Å². The van der Waals surface area contributed by atoms with Crippen molar-refractivity contribution in [3.8, 4) is 11.5 Å². The third-order valence-electron chi connectivity index (χ3n) is 3.73. The van der Waals surface area contributed by atoms with Gasteiger partial charge in [0.2, 0.25) is 0 Å². The Morgan fingerprint density at radius 3 is 3.00 bits per heavy atom. The predicted molar refractivity (Wildman–Crippen MR) is 95.7 cm³/mol. The Morgan fingerprint density at radius 2 is 2.25 bits per heavy atom. The Balaban J connectivity index is 1.63. The van der Waals surface area contributed by atoms with Crippen molar-refractivity contribution in [3.63, 3.8) is 0 Å². The predicted octanol–water partition coefficient (Wildman–Crippen LogP) is 3.88. The van der Waals surface area contributed by atoms with Crippen LogP contribution in [0.3, 0.4) is 0 Å². The number of carbonyl (C=O) groups is 1. The Labute approximate surface area is 149 Å². The summed E-state index contributed by atoms with van der Waals surface area (Å²) in [4.78, 5) is 16.2. The molecule has 0 spiro atoms. The lowest BCUT2D eigenvalue weighted by Crippen LogP contribution is -2.25. The topological polar surface area (TPSA) is 60.5 Å². The molecule has 0 aliphatic carbocycles. The molecule has 2 heterocycles. The van der Waals surface area contributed by atoms with E-state index in [9.17, 15) is 4.79 Å². The summed E-state index contributed by atoms with van der Waals surface area (Å²) < 4.78 is 12.5. The van der Waals surface area contributed by atoms with Crippen LogP contribution in [0.4, 0.5) is 5.82 Å². The molecule has 5 nitrogen and oxygen atoms in total. The van der Waals surface area contributed by atoms with Gasteiger partial charge in [0.25, 0.3) is 5.91 Å². The van der Waals surface area contributed by atoms with Gasteiger partial charge >= 0.3 is 0 Å². The number of amides is 1. The molecule has 0 unspecified atom stereocenters. The second-order valence-electron chi connectivity index (χ2n) is 6.44. The smallest absolute Gasteiger partial charge is 0.263 e. The molecule has 1 amide bonds. The largest absolute Gasteiger partial charge is 0.483 e. The number of rotatable bonds is 4. The monoisotopic (exact) mass is 390 g/mol. The maximum Gasteiger partial charge on any atom is 0.263 e. The van der Waals surface area contributed by atoms with E-state index in [-0.39, 0.29) is 18.1 Å². The minimum atomic E-state index is -0.265. The minimum Gasteiger partial charge on any atom is -0.483 e. The average molecular weight is 391 g/mol. The van der Waals surface area contributed by atoms with Crippen LogP contribution in [0.15, 0.2) is 34.9 Å². The zero-order valence-electron chi connectivity index (χ0n) is 13.9. The van der Waals surface area contributed by atoms with Gasteiger partial charge in [-0.05, 0) is 54.4 Å². The number of hydrogen-bond acceptors (Lipinski definition) is 4. The molecule has 1 N–H and O–H groups in total. The van der Waals surface area contributed by atoms with Crippen LogP contribution in [0.1, 0.15) is 25.0 Å². The number of anilines is 1. The van der Waals surface area contributed by atoms with Gasteiger partial charge in [-0.1, -0.05) is 12.1 Å². The Bertz CT molecular complexity index is 790. The van der Waals surface area contributed by atoms with E-state index in [0.29, 0.717) is 11.6 Å². The highest BCUT2D eigenvalue weighted by molar-refractivity contribution is 9.10. The van der Waals surface area contributed by atoms with Crippen LogP contribution in [-0.2, 0) is 11.2 Å². The summed E-state index contributed by atoms with van der Waals surface area (Å²) in [5.74, 6) is 1.56. The molecule has 1 aromatic heterocycles. The third kappa shape index (κ3) is 3.70. The van der Waals surface area contributed by atoms with Crippen LogP contribution in [0.2, 0.25) is 0 Å². The first-order valence-corrected chi connectivity index (χ1v) is 8.49. The maximum absolute atomic E-state index is 12.1. The Kier molecular flexibility index (Phi) is 4.49. The molecule has 0 bridgehead atoms. The molecule has 6 heteroatoms. The second-order valence-corrected chi connectivity index (χ2v) is 7.29. The van der Waals surface area contributed by atoms with Gasteiger partial charge in [0.05, 0.1) is 0 Å². The van der Waals surface area contributed by atoms with E-state index in [2.05, 4.69) is 26.2 Å². The van der Waals surface area contributed by atoms with Gasteiger partial charge < -0.3 is 14.8 Å². The summed E-state index contributed by atoms with van der Waals surface area (Å²) in [5, 5.41) is 2.73. The molecule has 1 aliphatic heterocycles. The van der Waals surface area contributed by atoms with Crippen LogP contribution < -0.4 is 14.8 Å². The van der Waals surface area contributed by atoms with Crippen LogP contribution in [-0.4, -0.2) is 23.1 Å². The van der Waals surface area contributed by atoms with Crippen molar-refractivity contribution < 1.29 is 14.3 Å². The molecule has 3 rings (SSSR count). The van der Waals surface area contributed by atoms with Crippen LogP contribution >= 0.6 is 15.9 Å². The summed E-state index contributed by atoms with van der Waals surface area (Å²) in [6.07, 6.45) is 2.49. The molecular formula is C18H19BrN2O3. The van der Waals surface area contributed by atoms with Crippen molar-refractivity contribution in [1.29, 1.82) is 0 Å². The number of para-hydroxylation sites is 1. The number of hydrogen-bond donors (Lipinski definition) is 1. The molecular weight excluding hydrogens is 372 g/mol. The molecule has 0 fully saturated rings. The quantitative estimate of drug-likeness (QED) is 0.859. The van der Waals surface area contributed by atoms with Gasteiger partial charge in [-0.25, -0.2) is 4.98 Å². The van der Waals surface area contributed by atoms with E-state index in [4.69, 9.17) is 9.47 Å². The minimum absolute atomic E-state index is 0.100. The third-order valence-corrected chi connectivity index (χ3v) is 4.56. The molecule has 126 valence electrons. The highest BCUT2D eigenvalue weighted by Gasteiger charge is 2.32. The number of aryl methyl sites for hydroxylation is 1. The van der Waals surface area contributed by atoms with E-state index < -0.39 is 0 Å². The molecule has 2 aromatic rings.